The molecule has 0 bridgehead atoms. The van der Waals surface area contributed by atoms with Crippen LogP contribution in [0.5, 0.6) is 5.75 Å². The number of H-pyrrole nitrogens is 1. The van der Waals surface area contributed by atoms with E-state index in [-0.39, 0.29) is 11.3 Å². The number of aromatic nitrogens is 2. The number of phenols is 1. The van der Waals surface area contributed by atoms with E-state index < -0.39 is 0 Å². The van der Waals surface area contributed by atoms with Crippen LogP contribution >= 0.6 is 0 Å². The number of phenolic OH excluding ortho intramolecular Hbond substituents is 1. The second-order valence-electron chi connectivity index (χ2n) is 3.35. The van der Waals surface area contributed by atoms with E-state index in [1.165, 1.54) is 12.3 Å². The molecule has 0 unspecified atom stereocenters. The van der Waals surface area contributed by atoms with Crippen LogP contribution in [-0.2, 0) is 0 Å². The fourth-order valence-electron chi connectivity index (χ4n) is 1.40. The Hall–Kier alpha value is -2.10. The number of aromatic hydroxyl groups is 1. The molecule has 0 amide bonds. The van der Waals surface area contributed by atoms with E-state index in [4.69, 9.17) is 0 Å². The fraction of sp³-hybridized carbons (Fsp3) is 0.0909. The van der Waals surface area contributed by atoms with E-state index in [0.717, 1.165) is 5.56 Å². The van der Waals surface area contributed by atoms with Crippen LogP contribution in [0.4, 0.5) is 0 Å². The molecule has 1 aromatic heterocycles. The molecule has 0 saturated heterocycles. The van der Waals surface area contributed by atoms with Crippen LogP contribution in [0, 0.1) is 6.92 Å². The zero-order chi connectivity index (χ0) is 10.8. The Kier molecular flexibility index (Phi) is 2.25. The number of rotatable bonds is 1. The molecule has 0 spiro atoms. The van der Waals surface area contributed by atoms with E-state index in [0.29, 0.717) is 11.1 Å². The Morgan fingerprint density at radius 3 is 2.87 bits per heavy atom. The van der Waals surface area contributed by atoms with E-state index in [1.807, 2.05) is 13.0 Å². The largest absolute Gasteiger partial charge is 0.507 e. The predicted octanol–water partition coefficient (Wildman–Crippen LogP) is 1.45. The van der Waals surface area contributed by atoms with E-state index >= 15 is 0 Å². The van der Waals surface area contributed by atoms with Crippen LogP contribution in [0.25, 0.3) is 11.1 Å². The fourth-order valence-corrected chi connectivity index (χ4v) is 1.40. The summed E-state index contributed by atoms with van der Waals surface area (Å²) in [6.07, 6.45) is 1.51. The minimum absolute atomic E-state index is 0.146. The number of hydrogen-bond acceptors (Lipinski definition) is 3. The first-order valence-electron chi connectivity index (χ1n) is 4.51. The minimum Gasteiger partial charge on any atom is -0.507 e. The molecule has 0 fully saturated rings. The number of aryl methyl sites for hydroxylation is 1. The quantitative estimate of drug-likeness (QED) is 0.735. The molecule has 4 nitrogen and oxygen atoms in total. The number of nitrogens with one attached hydrogen (secondary N) is 1. The first-order chi connectivity index (χ1) is 7.16. The maximum Gasteiger partial charge on any atom is 0.264 e. The highest BCUT2D eigenvalue weighted by atomic mass is 16.3. The highest BCUT2D eigenvalue weighted by Gasteiger charge is 2.04. The average molecular weight is 202 g/mol. The van der Waals surface area contributed by atoms with Gasteiger partial charge in [-0.1, -0.05) is 11.6 Å². The maximum absolute atomic E-state index is 11.1. The van der Waals surface area contributed by atoms with Crippen molar-refractivity contribution < 1.29 is 5.11 Å². The van der Waals surface area contributed by atoms with Gasteiger partial charge in [-0.2, -0.15) is 5.10 Å². The predicted molar refractivity (Wildman–Crippen MR) is 56.7 cm³/mol. The van der Waals surface area contributed by atoms with Crippen molar-refractivity contribution in [2.45, 2.75) is 6.92 Å². The lowest BCUT2D eigenvalue weighted by Crippen LogP contribution is -2.05. The van der Waals surface area contributed by atoms with E-state index in [1.54, 1.807) is 12.1 Å². The molecule has 76 valence electrons. The Bertz CT molecular complexity index is 546. The molecular weight excluding hydrogens is 192 g/mol. The monoisotopic (exact) mass is 202 g/mol. The van der Waals surface area contributed by atoms with Crippen LogP contribution < -0.4 is 5.56 Å². The van der Waals surface area contributed by atoms with Crippen molar-refractivity contribution in [1.82, 2.24) is 10.2 Å². The molecule has 0 aliphatic carbocycles. The van der Waals surface area contributed by atoms with Crippen molar-refractivity contribution in [3.63, 3.8) is 0 Å². The molecule has 1 heterocycles. The number of nitrogens with zero attached hydrogens (tertiary/aromatic N) is 1. The van der Waals surface area contributed by atoms with E-state index in [9.17, 15) is 9.90 Å². The minimum atomic E-state index is -0.284. The van der Waals surface area contributed by atoms with Crippen LogP contribution in [0.2, 0.25) is 0 Å². The van der Waals surface area contributed by atoms with Gasteiger partial charge in [-0.3, -0.25) is 4.79 Å². The second kappa shape index (κ2) is 3.57. The van der Waals surface area contributed by atoms with Crippen molar-refractivity contribution in [2.75, 3.05) is 0 Å². The second-order valence-corrected chi connectivity index (χ2v) is 3.35. The van der Waals surface area contributed by atoms with Gasteiger partial charge in [-0.15, -0.1) is 0 Å². The lowest BCUT2D eigenvalue weighted by atomic mass is 10.0. The summed E-state index contributed by atoms with van der Waals surface area (Å²) in [6, 6.07) is 6.62. The first kappa shape index (κ1) is 9.45. The van der Waals surface area contributed by atoms with Gasteiger partial charge < -0.3 is 5.11 Å². The molecule has 2 rings (SSSR count). The van der Waals surface area contributed by atoms with Crippen molar-refractivity contribution >= 4 is 0 Å². The average Bonchev–Trinajstić information content (AvgIpc) is 2.22. The SMILES string of the molecule is Cc1ccc(O)c(-c2cn[nH]c(=O)c2)c1. The smallest absolute Gasteiger partial charge is 0.264 e. The zero-order valence-electron chi connectivity index (χ0n) is 8.19. The zero-order valence-corrected chi connectivity index (χ0v) is 8.19. The maximum atomic E-state index is 11.1. The number of benzene rings is 1. The van der Waals surface area contributed by atoms with Gasteiger partial charge in [0, 0.05) is 17.2 Å². The molecule has 0 aliphatic heterocycles. The molecule has 1 aromatic carbocycles. The van der Waals surface area contributed by atoms with Crippen molar-refractivity contribution in [2.24, 2.45) is 0 Å². The van der Waals surface area contributed by atoms with Crippen molar-refractivity contribution in [1.29, 1.82) is 0 Å². The summed E-state index contributed by atoms with van der Waals surface area (Å²) in [4.78, 5) is 11.1. The van der Waals surface area contributed by atoms with Crippen molar-refractivity contribution in [3.05, 3.63) is 46.4 Å². The molecule has 2 N–H and O–H groups in total. The van der Waals surface area contributed by atoms with Crippen LogP contribution in [-0.4, -0.2) is 15.3 Å². The molecule has 2 aromatic rings. The molecule has 0 radical (unpaired) electrons. The molecule has 0 saturated carbocycles. The Labute approximate surface area is 86.2 Å². The van der Waals surface area contributed by atoms with Crippen LogP contribution in [0.15, 0.2) is 35.3 Å². The lowest BCUT2D eigenvalue weighted by Gasteiger charge is -2.04. The van der Waals surface area contributed by atoms with Crippen LogP contribution in [0.1, 0.15) is 5.56 Å². The van der Waals surface area contributed by atoms with E-state index in [2.05, 4.69) is 10.2 Å². The van der Waals surface area contributed by atoms with Gasteiger partial charge in [0.05, 0.1) is 6.20 Å². The van der Waals surface area contributed by atoms with Gasteiger partial charge in [0.25, 0.3) is 5.56 Å². The third kappa shape index (κ3) is 1.88. The molecular formula is C11H10N2O2. The van der Waals surface area contributed by atoms with Gasteiger partial charge >= 0.3 is 0 Å². The summed E-state index contributed by atoms with van der Waals surface area (Å²) in [5, 5.41) is 15.6. The first-order valence-corrected chi connectivity index (χ1v) is 4.51. The van der Waals surface area contributed by atoms with Gasteiger partial charge in [0.2, 0.25) is 0 Å². The normalized spacial score (nSPS) is 10.2. The lowest BCUT2D eigenvalue weighted by molar-refractivity contribution is 0.477. The molecule has 4 heteroatoms. The third-order valence-electron chi connectivity index (χ3n) is 2.13. The number of hydrogen-bond donors (Lipinski definition) is 2. The highest BCUT2D eigenvalue weighted by molar-refractivity contribution is 5.69. The van der Waals surface area contributed by atoms with Gasteiger partial charge in [-0.05, 0) is 19.1 Å². The Morgan fingerprint density at radius 1 is 1.33 bits per heavy atom. The molecule has 0 aliphatic rings. The highest BCUT2D eigenvalue weighted by Crippen LogP contribution is 2.28. The van der Waals surface area contributed by atoms with Crippen molar-refractivity contribution in [3.8, 4) is 16.9 Å². The Morgan fingerprint density at radius 2 is 2.13 bits per heavy atom. The third-order valence-corrected chi connectivity index (χ3v) is 2.13. The van der Waals surface area contributed by atoms with Gasteiger partial charge in [-0.25, -0.2) is 5.10 Å². The summed E-state index contributed by atoms with van der Waals surface area (Å²) in [7, 11) is 0. The summed E-state index contributed by atoms with van der Waals surface area (Å²) in [5.41, 5.74) is 1.96. The summed E-state index contributed by atoms with van der Waals surface area (Å²) in [6.45, 7) is 1.92. The summed E-state index contributed by atoms with van der Waals surface area (Å²) >= 11 is 0. The summed E-state index contributed by atoms with van der Waals surface area (Å²) in [5.74, 6) is 0.146. The standard InChI is InChI=1S/C11H10N2O2/c1-7-2-3-10(14)9(4-7)8-5-11(15)13-12-6-8/h2-6,14H,1H3,(H,13,15). The number of aromatic amines is 1. The molecule has 15 heavy (non-hydrogen) atoms. The summed E-state index contributed by atoms with van der Waals surface area (Å²) < 4.78 is 0. The van der Waals surface area contributed by atoms with Crippen LogP contribution in [0.3, 0.4) is 0 Å². The topological polar surface area (TPSA) is 66.0 Å². The van der Waals surface area contributed by atoms with Gasteiger partial charge in [0.15, 0.2) is 0 Å². The molecule has 0 atom stereocenters. The Balaban J connectivity index is 2.63. The van der Waals surface area contributed by atoms with Gasteiger partial charge in [0.1, 0.15) is 5.75 Å².